The molecule has 2 unspecified atom stereocenters. The van der Waals surface area contributed by atoms with Gasteiger partial charge in [0.15, 0.2) is 5.54 Å². The summed E-state index contributed by atoms with van der Waals surface area (Å²) < 4.78 is 57.0. The van der Waals surface area contributed by atoms with Crippen LogP contribution in [-0.4, -0.2) is 29.3 Å². The van der Waals surface area contributed by atoms with E-state index < -0.39 is 47.5 Å². The molecule has 2 aliphatic rings. The summed E-state index contributed by atoms with van der Waals surface area (Å²) in [5.74, 6) is -6.77. The maximum Gasteiger partial charge on any atom is 0.248 e. The van der Waals surface area contributed by atoms with Crippen LogP contribution in [0.3, 0.4) is 0 Å². The molecule has 39 heavy (non-hydrogen) atoms. The molecule has 3 N–H and O–H groups in total. The van der Waals surface area contributed by atoms with Crippen molar-refractivity contribution in [3.8, 4) is 0 Å². The lowest BCUT2D eigenvalue weighted by molar-refractivity contribution is -0.131. The summed E-state index contributed by atoms with van der Waals surface area (Å²) in [5.41, 5.74) is 5.68. The van der Waals surface area contributed by atoms with E-state index in [0.717, 1.165) is 11.6 Å². The van der Waals surface area contributed by atoms with Crippen LogP contribution in [0.15, 0.2) is 66.9 Å². The number of benzene rings is 2. The van der Waals surface area contributed by atoms with Crippen LogP contribution >= 0.6 is 0 Å². The Morgan fingerprint density at radius 1 is 1.03 bits per heavy atom. The van der Waals surface area contributed by atoms with Gasteiger partial charge in [-0.25, -0.2) is 18.2 Å². The van der Waals surface area contributed by atoms with E-state index in [4.69, 9.17) is 5.73 Å². The molecule has 2 aliphatic carbocycles. The van der Waals surface area contributed by atoms with Gasteiger partial charge in [-0.15, -0.1) is 0 Å². The number of halogens is 4. The highest BCUT2D eigenvalue weighted by atomic mass is 19.3. The molecular formula is C29H28F4N4O2. The van der Waals surface area contributed by atoms with Crippen LogP contribution in [0.4, 0.5) is 28.9 Å². The number of nitrogens with zero attached hydrogens (tertiary/aromatic N) is 2. The van der Waals surface area contributed by atoms with Crippen LogP contribution < -0.4 is 16.0 Å². The monoisotopic (exact) mass is 540 g/mol. The van der Waals surface area contributed by atoms with Crippen molar-refractivity contribution >= 4 is 23.2 Å². The third kappa shape index (κ3) is 4.84. The average molecular weight is 541 g/mol. The van der Waals surface area contributed by atoms with Crippen LogP contribution in [0.2, 0.25) is 0 Å². The highest BCUT2D eigenvalue weighted by molar-refractivity contribution is 6.06. The van der Waals surface area contributed by atoms with Gasteiger partial charge in [0.1, 0.15) is 5.82 Å². The van der Waals surface area contributed by atoms with E-state index in [9.17, 15) is 27.2 Å². The van der Waals surface area contributed by atoms with Crippen LogP contribution in [0.25, 0.3) is 0 Å². The molecule has 0 aliphatic heterocycles. The summed E-state index contributed by atoms with van der Waals surface area (Å²) in [6, 6.07) is 15.2. The van der Waals surface area contributed by atoms with Gasteiger partial charge in [-0.05, 0) is 66.6 Å². The molecule has 3 aromatic rings. The largest absolute Gasteiger partial charge is 0.372 e. The van der Waals surface area contributed by atoms with E-state index in [1.807, 2.05) is 6.07 Å². The number of anilines is 2. The number of amides is 2. The number of fused-ring (bicyclic) bond motifs is 1. The second-order valence-corrected chi connectivity index (χ2v) is 10.2. The molecule has 1 aromatic heterocycles. The van der Waals surface area contributed by atoms with E-state index in [0.29, 0.717) is 12.0 Å². The van der Waals surface area contributed by atoms with Crippen LogP contribution in [0.1, 0.15) is 36.8 Å². The van der Waals surface area contributed by atoms with Gasteiger partial charge >= 0.3 is 0 Å². The smallest absolute Gasteiger partial charge is 0.248 e. The van der Waals surface area contributed by atoms with Gasteiger partial charge in [0.2, 0.25) is 23.7 Å². The van der Waals surface area contributed by atoms with Crippen molar-refractivity contribution in [1.29, 1.82) is 0 Å². The maximum atomic E-state index is 14.5. The van der Waals surface area contributed by atoms with Gasteiger partial charge in [0, 0.05) is 30.6 Å². The molecule has 1 saturated carbocycles. The number of nitrogens with one attached hydrogen (secondary N) is 1. The molecule has 2 amide bonds. The average Bonchev–Trinajstić information content (AvgIpc) is 3.24. The predicted octanol–water partition coefficient (Wildman–Crippen LogP) is 5.18. The van der Waals surface area contributed by atoms with Crippen LogP contribution in [0, 0.1) is 23.6 Å². The Labute approximate surface area is 223 Å². The number of hydrogen-bond acceptors (Lipinski definition) is 4. The van der Waals surface area contributed by atoms with E-state index in [1.165, 1.54) is 41.4 Å². The number of carbonyl (C=O) groups excluding carboxylic acids is 2. The fraction of sp³-hybridized carbons (Fsp3) is 0.345. The minimum atomic E-state index is -2.80. The van der Waals surface area contributed by atoms with Crippen molar-refractivity contribution in [2.75, 3.05) is 16.8 Å². The standard InChI is InChI=1S/C29H28F4N4O2/c30-20-6-3-7-21(16-20)37(25(38)17-36-24-9-4-14-35-26(24)31)29(27(34)39)22-8-2-1-5-19(22)15-23(29)18-10-12-28(32,33)13-11-18/h1-9,14,16,18,23,36H,10-13,15,17H2,(H2,34,39). The number of rotatable bonds is 7. The molecule has 0 spiro atoms. The van der Waals surface area contributed by atoms with Crippen molar-refractivity contribution < 1.29 is 27.2 Å². The number of primary amides is 1. The van der Waals surface area contributed by atoms with Crippen molar-refractivity contribution in [3.63, 3.8) is 0 Å². The molecule has 0 saturated heterocycles. The Kier molecular flexibility index (Phi) is 7.05. The minimum absolute atomic E-state index is 0.0314. The van der Waals surface area contributed by atoms with Gasteiger partial charge in [-0.2, -0.15) is 4.39 Å². The second-order valence-electron chi connectivity index (χ2n) is 10.2. The van der Waals surface area contributed by atoms with Crippen LogP contribution in [0.5, 0.6) is 0 Å². The van der Waals surface area contributed by atoms with Crippen molar-refractivity contribution in [2.45, 2.75) is 43.6 Å². The molecule has 2 aromatic carbocycles. The highest BCUT2D eigenvalue weighted by Gasteiger charge is 2.60. The third-order valence-corrected chi connectivity index (χ3v) is 7.97. The van der Waals surface area contributed by atoms with Gasteiger partial charge in [-0.3, -0.25) is 14.5 Å². The number of alkyl halides is 2. The van der Waals surface area contributed by atoms with Gasteiger partial charge < -0.3 is 11.1 Å². The van der Waals surface area contributed by atoms with E-state index >= 15 is 0 Å². The summed E-state index contributed by atoms with van der Waals surface area (Å²) in [5, 5.41) is 2.71. The molecule has 1 fully saturated rings. The lowest BCUT2D eigenvalue weighted by Gasteiger charge is -2.47. The van der Waals surface area contributed by atoms with E-state index in [1.54, 1.807) is 18.2 Å². The first-order chi connectivity index (χ1) is 18.6. The summed E-state index contributed by atoms with van der Waals surface area (Å²) >= 11 is 0. The zero-order valence-corrected chi connectivity index (χ0v) is 21.0. The number of hydrogen-bond donors (Lipinski definition) is 2. The maximum absolute atomic E-state index is 14.5. The fourth-order valence-electron chi connectivity index (χ4n) is 6.27. The van der Waals surface area contributed by atoms with Crippen molar-refractivity contribution in [3.05, 3.63) is 89.8 Å². The Hall–Kier alpha value is -3.95. The fourth-order valence-corrected chi connectivity index (χ4v) is 6.27. The number of carbonyl (C=O) groups is 2. The van der Waals surface area contributed by atoms with Crippen LogP contribution in [-0.2, 0) is 21.5 Å². The number of pyridine rings is 1. The Bertz CT molecular complexity index is 1390. The predicted molar refractivity (Wildman–Crippen MR) is 138 cm³/mol. The van der Waals surface area contributed by atoms with Gasteiger partial charge in [0.25, 0.3) is 0 Å². The highest BCUT2D eigenvalue weighted by Crippen LogP contribution is 2.54. The summed E-state index contributed by atoms with van der Waals surface area (Å²) in [6.45, 7) is -0.466. The first kappa shape index (κ1) is 26.6. The van der Waals surface area contributed by atoms with Gasteiger partial charge in [0.05, 0.1) is 12.2 Å². The first-order valence-electron chi connectivity index (χ1n) is 12.8. The quantitative estimate of drug-likeness (QED) is 0.319. The Morgan fingerprint density at radius 2 is 1.77 bits per heavy atom. The summed E-state index contributed by atoms with van der Waals surface area (Å²) in [7, 11) is 0. The Balaban J connectivity index is 1.64. The molecule has 2 atom stereocenters. The number of nitrogens with two attached hydrogens (primary N) is 1. The normalized spacial score (nSPS) is 22.2. The summed E-state index contributed by atoms with van der Waals surface area (Å²) in [4.78, 5) is 32.5. The zero-order chi connectivity index (χ0) is 27.8. The Morgan fingerprint density at radius 3 is 2.46 bits per heavy atom. The topological polar surface area (TPSA) is 88.3 Å². The lowest BCUT2D eigenvalue weighted by Crippen LogP contribution is -2.62. The molecular weight excluding hydrogens is 512 g/mol. The van der Waals surface area contributed by atoms with Gasteiger partial charge in [-0.1, -0.05) is 30.3 Å². The molecule has 0 bridgehead atoms. The first-order valence-corrected chi connectivity index (χ1v) is 12.8. The zero-order valence-electron chi connectivity index (χ0n) is 21.0. The lowest BCUT2D eigenvalue weighted by atomic mass is 9.68. The molecule has 1 heterocycles. The van der Waals surface area contributed by atoms with E-state index in [-0.39, 0.29) is 43.0 Å². The molecule has 204 valence electrons. The molecule has 10 heteroatoms. The number of aromatic nitrogens is 1. The SMILES string of the molecule is NC(=O)C1(N(C(=O)CNc2cccnc2F)c2cccc(F)c2)c2ccccc2CC1C1CCC(F)(F)CC1. The molecule has 5 rings (SSSR count). The van der Waals surface area contributed by atoms with E-state index in [2.05, 4.69) is 10.3 Å². The van der Waals surface area contributed by atoms with Crippen molar-refractivity contribution in [2.24, 2.45) is 17.6 Å². The third-order valence-electron chi connectivity index (χ3n) is 7.97. The second kappa shape index (κ2) is 10.3. The molecule has 0 radical (unpaired) electrons. The molecule has 6 nitrogen and oxygen atoms in total. The summed E-state index contributed by atoms with van der Waals surface area (Å²) in [6.07, 6.45) is 1.20. The minimum Gasteiger partial charge on any atom is -0.372 e. The van der Waals surface area contributed by atoms with Crippen molar-refractivity contribution in [1.82, 2.24) is 4.98 Å².